The number of rotatable bonds is 6. The van der Waals surface area contributed by atoms with E-state index in [1.54, 1.807) is 0 Å². The Morgan fingerprint density at radius 3 is 0.581 bits per heavy atom. The molecule has 0 saturated carbocycles. The van der Waals surface area contributed by atoms with Crippen molar-refractivity contribution in [3.05, 3.63) is 140 Å². The molecule has 0 aromatic heterocycles. The van der Waals surface area contributed by atoms with Gasteiger partial charge in [0.05, 0.1) is 36.5 Å². The van der Waals surface area contributed by atoms with Crippen LogP contribution in [-0.4, -0.2) is 24.4 Å². The largest absolute Gasteiger partial charge is 0.507 e. The highest BCUT2D eigenvalue weighted by Crippen LogP contribution is 2.50. The van der Waals surface area contributed by atoms with Crippen LogP contribution in [0.4, 0.5) is 123 Å². The third-order valence-corrected chi connectivity index (χ3v) is 9.90. The molecule has 6 aromatic rings. The summed E-state index contributed by atoms with van der Waals surface area (Å²) in [4.78, 5) is 0. The van der Waals surface area contributed by atoms with Crippen molar-refractivity contribution in [3.63, 3.8) is 0 Å². The molecule has 0 atom stereocenters. The second-order valence-corrected chi connectivity index (χ2v) is 14.2. The van der Waals surface area contributed by atoms with E-state index in [1.807, 2.05) is 0 Å². The molecule has 2 N–H and O–H groups in total. The maximum absolute atomic E-state index is 14.6. The molecular formula is C42H12F28O4. The second kappa shape index (κ2) is 19.4. The van der Waals surface area contributed by atoms with Crippen molar-refractivity contribution in [1.29, 1.82) is 0 Å². The minimum absolute atomic E-state index is 0.134. The number of hydrogen-bond acceptors (Lipinski definition) is 4. The van der Waals surface area contributed by atoms with Crippen molar-refractivity contribution in [1.82, 2.24) is 0 Å². The lowest BCUT2D eigenvalue weighted by Gasteiger charge is -2.19. The summed E-state index contributed by atoms with van der Waals surface area (Å²) in [7, 11) is 1.37. The smallest absolute Gasteiger partial charge is 0.422 e. The molecule has 0 spiro atoms. The van der Waals surface area contributed by atoms with Crippen LogP contribution >= 0.6 is 0 Å². The number of alkyl halides is 12. The van der Waals surface area contributed by atoms with E-state index in [1.165, 1.54) is 0 Å². The molecule has 0 amide bonds. The van der Waals surface area contributed by atoms with Crippen molar-refractivity contribution in [3.8, 4) is 67.5 Å². The van der Waals surface area contributed by atoms with Gasteiger partial charge in [0.15, 0.2) is 93.1 Å². The molecule has 0 aliphatic heterocycles. The van der Waals surface area contributed by atoms with Crippen molar-refractivity contribution in [2.45, 2.75) is 24.7 Å². The van der Waals surface area contributed by atoms with E-state index in [2.05, 4.69) is 0 Å². The van der Waals surface area contributed by atoms with Crippen molar-refractivity contribution in [2.24, 2.45) is 0 Å². The number of halogens is 28. The van der Waals surface area contributed by atoms with Crippen LogP contribution < -0.4 is 9.47 Å². The van der Waals surface area contributed by atoms with Gasteiger partial charge in [0.2, 0.25) is 0 Å². The molecule has 32 heteroatoms. The molecule has 400 valence electrons. The Morgan fingerprint density at radius 2 is 0.432 bits per heavy atom. The normalized spacial score (nSPS) is 12.3. The number of methoxy groups -OCH3 is 2. The number of hydrogen-bond donors (Lipinski definition) is 2. The second-order valence-electron chi connectivity index (χ2n) is 14.2. The molecule has 74 heavy (non-hydrogen) atoms. The predicted octanol–water partition coefficient (Wildman–Crippen LogP) is 15.8. The summed E-state index contributed by atoms with van der Waals surface area (Å²) in [6.07, 6.45) is -23.6. The molecule has 0 radical (unpaired) electrons. The predicted molar refractivity (Wildman–Crippen MR) is 190 cm³/mol. The highest BCUT2D eigenvalue weighted by atomic mass is 19.4. The highest BCUT2D eigenvalue weighted by molar-refractivity contribution is 5.84. The zero-order valence-corrected chi connectivity index (χ0v) is 34.6. The van der Waals surface area contributed by atoms with Gasteiger partial charge in [-0.05, 0) is 24.3 Å². The van der Waals surface area contributed by atoms with E-state index < -0.39 is 208 Å². The average Bonchev–Trinajstić information content (AvgIpc) is 3.26. The van der Waals surface area contributed by atoms with E-state index in [-0.39, 0.29) is 12.1 Å². The van der Waals surface area contributed by atoms with Crippen molar-refractivity contribution >= 4 is 0 Å². The van der Waals surface area contributed by atoms with Crippen LogP contribution in [0.15, 0.2) is 24.3 Å². The summed E-state index contributed by atoms with van der Waals surface area (Å²) in [5.74, 6) is -50.2. The molecule has 0 saturated heterocycles. The Balaban J connectivity index is 0.000000274. The SMILES string of the molecule is COc1cc(-c2c(F)c(F)c(C(F)(F)F)c(F)c2F)c(OC)cc1-c1c(F)c(F)c(C(F)(F)F)c(F)c1F.Oc1cc(-c2c(F)c(F)c(C(F)(F)F)c(F)c2F)c(O)cc1-c1c(F)c(F)c(C(F)(F)F)c(F)c1F. The summed E-state index contributed by atoms with van der Waals surface area (Å²) < 4.78 is 390. The maximum Gasteiger partial charge on any atom is 0.422 e. The first kappa shape index (κ1) is 57.5. The van der Waals surface area contributed by atoms with E-state index in [0.717, 1.165) is 0 Å². The molecule has 6 rings (SSSR count). The number of aromatic hydroxyl groups is 2. The summed E-state index contributed by atoms with van der Waals surface area (Å²) in [5.41, 5.74) is -24.9. The third kappa shape index (κ3) is 9.63. The van der Waals surface area contributed by atoms with Crippen LogP contribution in [-0.2, 0) is 24.7 Å². The molecule has 0 unspecified atom stereocenters. The van der Waals surface area contributed by atoms with Crippen LogP contribution in [0.1, 0.15) is 22.3 Å². The minimum atomic E-state index is -5.94. The Hall–Kier alpha value is -7.44. The lowest BCUT2D eigenvalue weighted by molar-refractivity contribution is -0.144. The fourth-order valence-electron chi connectivity index (χ4n) is 6.73. The highest BCUT2D eigenvalue weighted by Gasteiger charge is 2.47. The lowest BCUT2D eigenvalue weighted by Crippen LogP contribution is -2.16. The topological polar surface area (TPSA) is 58.9 Å². The van der Waals surface area contributed by atoms with Gasteiger partial charge in [0.1, 0.15) is 45.3 Å². The molecule has 4 nitrogen and oxygen atoms in total. The molecule has 6 aromatic carbocycles. The van der Waals surface area contributed by atoms with Gasteiger partial charge >= 0.3 is 24.7 Å². The van der Waals surface area contributed by atoms with Crippen LogP contribution in [0, 0.1) is 93.1 Å². The fraction of sp³-hybridized carbons (Fsp3) is 0.143. The Labute approximate surface area is 388 Å². The number of benzene rings is 6. The lowest BCUT2D eigenvalue weighted by atomic mass is 9.94. The maximum atomic E-state index is 14.6. The first-order valence-corrected chi connectivity index (χ1v) is 18.3. The van der Waals surface area contributed by atoms with Gasteiger partial charge in [0, 0.05) is 22.3 Å². The van der Waals surface area contributed by atoms with Crippen molar-refractivity contribution < 1.29 is 143 Å². The van der Waals surface area contributed by atoms with Crippen LogP contribution in [0.25, 0.3) is 44.5 Å². The zero-order chi connectivity index (χ0) is 56.7. The Morgan fingerprint density at radius 1 is 0.270 bits per heavy atom. The number of ether oxygens (including phenoxy) is 2. The van der Waals surface area contributed by atoms with Gasteiger partial charge in [-0.15, -0.1) is 0 Å². The van der Waals surface area contributed by atoms with E-state index in [9.17, 15) is 133 Å². The standard InChI is InChI=1S/C22H8F14O2.C20H4F14O2/c1-37-7-3-6(10-15(25)19(29)12(22(34,35)36)20(30)16(10)26)8(38-2)4-5(7)9-13(23)17(27)11(21(31,32)33)18(28)14(9)24;21-11-7(12(22)16(26)9(15(11)25)19(29,30)31)3-1-5(35)4(2-6(3)36)8-13(23)17(27)10(20(32,33)34)18(28)14(8)24/h3-4H,1-2H3;1-2,35-36H. The van der Waals surface area contributed by atoms with Gasteiger partial charge in [-0.2, -0.15) is 52.7 Å². The molecule has 0 aliphatic rings. The van der Waals surface area contributed by atoms with E-state index in [0.29, 0.717) is 26.4 Å². The number of phenols is 2. The molecule has 0 heterocycles. The van der Waals surface area contributed by atoms with Crippen LogP contribution in [0.5, 0.6) is 23.0 Å². The fourth-order valence-corrected chi connectivity index (χ4v) is 6.73. The molecule has 0 fully saturated rings. The quantitative estimate of drug-likeness (QED) is 0.0991. The van der Waals surface area contributed by atoms with E-state index in [4.69, 9.17) is 9.47 Å². The van der Waals surface area contributed by atoms with E-state index >= 15 is 0 Å². The Kier molecular flexibility index (Phi) is 15.1. The van der Waals surface area contributed by atoms with Crippen molar-refractivity contribution in [2.75, 3.05) is 14.2 Å². The number of phenolic OH excluding ortho intramolecular Hbond substituents is 2. The van der Waals surface area contributed by atoms with Crippen LogP contribution in [0.3, 0.4) is 0 Å². The summed E-state index contributed by atoms with van der Waals surface area (Å²) >= 11 is 0. The van der Waals surface area contributed by atoms with Gasteiger partial charge < -0.3 is 19.7 Å². The van der Waals surface area contributed by atoms with Crippen LogP contribution in [0.2, 0.25) is 0 Å². The summed E-state index contributed by atoms with van der Waals surface area (Å²) in [6, 6.07) is 0.331. The molecule has 0 aliphatic carbocycles. The summed E-state index contributed by atoms with van der Waals surface area (Å²) in [5, 5.41) is 19.9. The van der Waals surface area contributed by atoms with Gasteiger partial charge in [-0.25, -0.2) is 70.2 Å². The molecule has 0 bridgehead atoms. The summed E-state index contributed by atoms with van der Waals surface area (Å²) in [6.45, 7) is 0. The van der Waals surface area contributed by atoms with Gasteiger partial charge in [-0.3, -0.25) is 0 Å². The minimum Gasteiger partial charge on any atom is -0.507 e. The molecular weight excluding hydrogens is 1100 g/mol. The first-order valence-electron chi connectivity index (χ1n) is 18.3. The third-order valence-electron chi connectivity index (χ3n) is 9.90. The van der Waals surface area contributed by atoms with Gasteiger partial charge in [-0.1, -0.05) is 0 Å². The Bertz CT molecular complexity index is 2950. The zero-order valence-electron chi connectivity index (χ0n) is 34.6. The average molecular weight is 1110 g/mol. The first-order chi connectivity index (χ1) is 33.7. The van der Waals surface area contributed by atoms with Gasteiger partial charge in [0.25, 0.3) is 0 Å². The monoisotopic (exact) mass is 1110 g/mol.